The second-order valence-corrected chi connectivity index (χ2v) is 5.46. The lowest BCUT2D eigenvalue weighted by Crippen LogP contribution is -2.45. The van der Waals surface area contributed by atoms with Gasteiger partial charge in [-0.25, -0.2) is 4.79 Å². The van der Waals surface area contributed by atoms with E-state index >= 15 is 0 Å². The summed E-state index contributed by atoms with van der Waals surface area (Å²) in [6.45, 7) is 2.30. The summed E-state index contributed by atoms with van der Waals surface area (Å²) in [6.07, 6.45) is 4.81. The Morgan fingerprint density at radius 3 is 2.74 bits per heavy atom. The van der Waals surface area contributed by atoms with Crippen molar-refractivity contribution in [3.63, 3.8) is 0 Å². The summed E-state index contributed by atoms with van der Waals surface area (Å²) < 4.78 is 0. The number of aliphatic hydroxyl groups is 1. The molecule has 1 fully saturated rings. The Bertz CT molecular complexity index is 440. The summed E-state index contributed by atoms with van der Waals surface area (Å²) in [5.74, 6) is 0. The van der Waals surface area contributed by atoms with Crippen LogP contribution in [-0.2, 0) is 0 Å². The summed E-state index contributed by atoms with van der Waals surface area (Å²) >= 11 is 0. The Kier molecular flexibility index (Phi) is 4.43. The number of aryl methyl sites for hydroxylation is 1. The molecular weight excluding hydrogens is 240 g/mol. The van der Waals surface area contributed by atoms with Gasteiger partial charge in [-0.15, -0.1) is 0 Å². The molecule has 0 aliphatic heterocycles. The molecule has 0 unspecified atom stereocenters. The van der Waals surface area contributed by atoms with Gasteiger partial charge in [-0.05, 0) is 37.5 Å². The molecule has 0 saturated heterocycles. The number of hydrogen-bond acceptors (Lipinski definition) is 2. The highest BCUT2D eigenvalue weighted by molar-refractivity contribution is 5.89. The third kappa shape index (κ3) is 4.24. The molecule has 2 amide bonds. The largest absolute Gasteiger partial charge is 0.388 e. The molecular formula is C15H22N2O2. The van der Waals surface area contributed by atoms with Crippen molar-refractivity contribution >= 4 is 11.7 Å². The maximum absolute atomic E-state index is 11.8. The van der Waals surface area contributed by atoms with Crippen LogP contribution in [0.25, 0.3) is 0 Å². The summed E-state index contributed by atoms with van der Waals surface area (Å²) in [5.41, 5.74) is 1.15. The van der Waals surface area contributed by atoms with Crippen molar-refractivity contribution in [1.82, 2.24) is 5.32 Å². The van der Waals surface area contributed by atoms with Crippen LogP contribution in [0.5, 0.6) is 0 Å². The minimum absolute atomic E-state index is 0.260. The van der Waals surface area contributed by atoms with Gasteiger partial charge in [-0.1, -0.05) is 31.4 Å². The first-order valence-corrected chi connectivity index (χ1v) is 6.91. The second-order valence-electron chi connectivity index (χ2n) is 5.46. The average molecular weight is 262 g/mol. The van der Waals surface area contributed by atoms with Crippen molar-refractivity contribution in [3.8, 4) is 0 Å². The van der Waals surface area contributed by atoms with Crippen molar-refractivity contribution < 1.29 is 9.90 Å². The van der Waals surface area contributed by atoms with Crippen molar-refractivity contribution in [2.45, 2.75) is 44.6 Å². The molecule has 0 bridgehead atoms. The van der Waals surface area contributed by atoms with Crippen LogP contribution in [0.1, 0.15) is 37.7 Å². The van der Waals surface area contributed by atoms with Crippen LogP contribution in [0.15, 0.2) is 24.3 Å². The van der Waals surface area contributed by atoms with Crippen LogP contribution in [0.3, 0.4) is 0 Å². The number of rotatable bonds is 3. The molecule has 0 spiro atoms. The molecule has 0 atom stereocenters. The monoisotopic (exact) mass is 262 g/mol. The molecule has 4 heteroatoms. The highest BCUT2D eigenvalue weighted by Crippen LogP contribution is 2.27. The maximum Gasteiger partial charge on any atom is 0.319 e. The van der Waals surface area contributed by atoms with Crippen molar-refractivity contribution in [2.24, 2.45) is 0 Å². The fraction of sp³-hybridized carbons (Fsp3) is 0.533. The number of nitrogens with one attached hydrogen (secondary N) is 2. The SMILES string of the molecule is Cc1cccc(NC(=O)NCC2(O)CCCCC2)c1. The lowest BCUT2D eigenvalue weighted by atomic mass is 9.85. The molecule has 0 heterocycles. The number of carbonyl (C=O) groups is 1. The van der Waals surface area contributed by atoms with Gasteiger partial charge in [0.15, 0.2) is 0 Å². The van der Waals surface area contributed by atoms with Crippen LogP contribution in [0, 0.1) is 6.92 Å². The molecule has 19 heavy (non-hydrogen) atoms. The van der Waals surface area contributed by atoms with Crippen LogP contribution in [-0.4, -0.2) is 23.3 Å². The average Bonchev–Trinajstić information content (AvgIpc) is 2.38. The van der Waals surface area contributed by atoms with Gasteiger partial charge < -0.3 is 15.7 Å². The van der Waals surface area contributed by atoms with Crippen molar-refractivity contribution in [2.75, 3.05) is 11.9 Å². The van der Waals surface area contributed by atoms with Crippen LogP contribution >= 0.6 is 0 Å². The van der Waals surface area contributed by atoms with E-state index in [0.717, 1.165) is 36.9 Å². The number of hydrogen-bond donors (Lipinski definition) is 3. The molecule has 1 aliphatic carbocycles. The van der Waals surface area contributed by atoms with E-state index < -0.39 is 5.60 Å². The minimum atomic E-state index is -0.720. The second kappa shape index (κ2) is 6.06. The van der Waals surface area contributed by atoms with E-state index in [2.05, 4.69) is 10.6 Å². The molecule has 1 aromatic carbocycles. The topological polar surface area (TPSA) is 61.4 Å². The first-order valence-electron chi connectivity index (χ1n) is 6.91. The zero-order valence-corrected chi connectivity index (χ0v) is 11.4. The number of carbonyl (C=O) groups excluding carboxylic acids is 1. The zero-order chi connectivity index (χ0) is 13.7. The molecule has 1 saturated carbocycles. The molecule has 0 radical (unpaired) electrons. The van der Waals surface area contributed by atoms with Gasteiger partial charge in [-0.2, -0.15) is 0 Å². The predicted octanol–water partition coefficient (Wildman–Crippen LogP) is 2.81. The standard InChI is InChI=1S/C15H22N2O2/c1-12-6-5-7-13(10-12)17-14(18)16-11-15(19)8-3-2-4-9-15/h5-7,10,19H,2-4,8-9,11H2,1H3,(H2,16,17,18). The quantitative estimate of drug-likeness (QED) is 0.784. The third-order valence-corrected chi connectivity index (χ3v) is 3.64. The summed E-state index contributed by atoms with van der Waals surface area (Å²) in [6, 6.07) is 7.38. The summed E-state index contributed by atoms with van der Waals surface area (Å²) in [7, 11) is 0. The lowest BCUT2D eigenvalue weighted by Gasteiger charge is -2.32. The van der Waals surface area contributed by atoms with Gasteiger partial charge in [0.05, 0.1) is 5.60 Å². The Balaban J connectivity index is 1.81. The maximum atomic E-state index is 11.8. The van der Waals surface area contributed by atoms with E-state index in [1.165, 1.54) is 6.42 Å². The highest BCUT2D eigenvalue weighted by Gasteiger charge is 2.29. The van der Waals surface area contributed by atoms with Crippen LogP contribution < -0.4 is 10.6 Å². The van der Waals surface area contributed by atoms with Crippen LogP contribution in [0.2, 0.25) is 0 Å². The van der Waals surface area contributed by atoms with Gasteiger partial charge in [0.2, 0.25) is 0 Å². The van der Waals surface area contributed by atoms with Gasteiger partial charge in [0, 0.05) is 12.2 Å². The Morgan fingerprint density at radius 2 is 2.05 bits per heavy atom. The highest BCUT2D eigenvalue weighted by atomic mass is 16.3. The molecule has 2 rings (SSSR count). The predicted molar refractivity (Wildman–Crippen MR) is 76.2 cm³/mol. The Hall–Kier alpha value is -1.55. The molecule has 104 valence electrons. The normalized spacial score (nSPS) is 17.8. The van der Waals surface area contributed by atoms with Gasteiger partial charge in [0.25, 0.3) is 0 Å². The van der Waals surface area contributed by atoms with Gasteiger partial charge in [0.1, 0.15) is 0 Å². The minimum Gasteiger partial charge on any atom is -0.388 e. The lowest BCUT2D eigenvalue weighted by molar-refractivity contribution is 0.00755. The van der Waals surface area contributed by atoms with Crippen molar-refractivity contribution in [1.29, 1.82) is 0 Å². The number of amides is 2. The first kappa shape index (κ1) is 13.9. The van der Waals surface area contributed by atoms with Gasteiger partial charge >= 0.3 is 6.03 Å². The zero-order valence-electron chi connectivity index (χ0n) is 11.4. The summed E-state index contributed by atoms with van der Waals surface area (Å²) in [5, 5.41) is 15.8. The van der Waals surface area contributed by atoms with Crippen molar-refractivity contribution in [3.05, 3.63) is 29.8 Å². The molecule has 3 N–H and O–H groups in total. The fourth-order valence-electron chi connectivity index (χ4n) is 2.53. The summed E-state index contributed by atoms with van der Waals surface area (Å²) in [4.78, 5) is 11.8. The smallest absolute Gasteiger partial charge is 0.319 e. The third-order valence-electron chi connectivity index (χ3n) is 3.64. The number of anilines is 1. The van der Waals surface area contributed by atoms with E-state index in [1.54, 1.807) is 0 Å². The van der Waals surface area contributed by atoms with E-state index in [-0.39, 0.29) is 6.03 Å². The van der Waals surface area contributed by atoms with Gasteiger partial charge in [-0.3, -0.25) is 0 Å². The molecule has 1 aromatic rings. The molecule has 1 aliphatic rings. The fourth-order valence-corrected chi connectivity index (χ4v) is 2.53. The first-order chi connectivity index (χ1) is 9.07. The Morgan fingerprint density at radius 1 is 1.32 bits per heavy atom. The number of urea groups is 1. The van der Waals surface area contributed by atoms with E-state index in [0.29, 0.717) is 6.54 Å². The van der Waals surface area contributed by atoms with E-state index in [1.807, 2.05) is 31.2 Å². The van der Waals surface area contributed by atoms with E-state index in [4.69, 9.17) is 0 Å². The molecule has 0 aromatic heterocycles. The van der Waals surface area contributed by atoms with Crippen LogP contribution in [0.4, 0.5) is 10.5 Å². The molecule has 4 nitrogen and oxygen atoms in total. The van der Waals surface area contributed by atoms with E-state index in [9.17, 15) is 9.90 Å². The Labute approximate surface area is 114 Å². The number of benzene rings is 1.